The second-order valence-corrected chi connectivity index (χ2v) is 4.83. The molecule has 2 rings (SSSR count). The lowest BCUT2D eigenvalue weighted by Crippen LogP contribution is -2.52. The summed E-state index contributed by atoms with van der Waals surface area (Å²) in [5.74, 6) is 0.787. The summed E-state index contributed by atoms with van der Waals surface area (Å²) in [4.78, 5) is 13.8. The molecule has 3 heteroatoms. The lowest BCUT2D eigenvalue weighted by molar-refractivity contribution is -0.137. The second kappa shape index (κ2) is 5.32. The molecule has 0 aromatic heterocycles. The minimum absolute atomic E-state index is 0.262. The summed E-state index contributed by atoms with van der Waals surface area (Å²) in [5, 5.41) is 0. The second-order valence-electron chi connectivity index (χ2n) is 4.83. The van der Waals surface area contributed by atoms with Gasteiger partial charge in [-0.15, -0.1) is 0 Å². The zero-order valence-corrected chi connectivity index (χ0v) is 10.4. The van der Waals surface area contributed by atoms with Crippen LogP contribution in [0.4, 0.5) is 0 Å². The number of hydrogen-bond acceptors (Lipinski definition) is 2. The van der Waals surface area contributed by atoms with Crippen LogP contribution in [0.3, 0.4) is 0 Å². The number of likely N-dealkylation sites (tertiary alicyclic amines) is 1. The molecule has 0 radical (unpaired) electrons. The predicted molar refractivity (Wildman–Crippen MR) is 68.6 cm³/mol. The largest absolute Gasteiger partial charge is 0.342 e. The lowest BCUT2D eigenvalue weighted by Gasteiger charge is -2.38. The number of benzene rings is 1. The fourth-order valence-electron chi connectivity index (χ4n) is 2.21. The van der Waals surface area contributed by atoms with Gasteiger partial charge in [-0.3, -0.25) is 4.79 Å². The Kier molecular flexibility index (Phi) is 3.79. The van der Waals surface area contributed by atoms with E-state index in [0.29, 0.717) is 18.9 Å². The molecule has 1 aliphatic heterocycles. The Bertz CT molecular complexity index is 397. The van der Waals surface area contributed by atoms with Gasteiger partial charge in [0.25, 0.3) is 0 Å². The molecule has 17 heavy (non-hydrogen) atoms. The minimum Gasteiger partial charge on any atom is -0.342 e. The molecule has 0 aliphatic carbocycles. The van der Waals surface area contributed by atoms with Crippen LogP contribution in [0.5, 0.6) is 0 Å². The van der Waals surface area contributed by atoms with E-state index in [4.69, 9.17) is 5.73 Å². The molecular formula is C14H20N2O. The van der Waals surface area contributed by atoms with Crippen molar-refractivity contribution in [1.82, 2.24) is 4.90 Å². The summed E-state index contributed by atoms with van der Waals surface area (Å²) < 4.78 is 0. The van der Waals surface area contributed by atoms with Crippen LogP contribution in [-0.2, 0) is 11.2 Å². The summed E-state index contributed by atoms with van der Waals surface area (Å²) in [6.07, 6.45) is 1.46. The first-order chi connectivity index (χ1) is 8.20. The topological polar surface area (TPSA) is 46.3 Å². The molecule has 0 bridgehead atoms. The highest BCUT2D eigenvalue weighted by atomic mass is 16.2. The third kappa shape index (κ3) is 2.86. The van der Waals surface area contributed by atoms with Crippen molar-refractivity contribution in [2.45, 2.75) is 19.8 Å². The van der Waals surface area contributed by atoms with Gasteiger partial charge >= 0.3 is 0 Å². The van der Waals surface area contributed by atoms with E-state index in [1.54, 1.807) is 0 Å². The zero-order valence-electron chi connectivity index (χ0n) is 10.4. The Balaban J connectivity index is 1.79. The molecule has 1 aromatic rings. The van der Waals surface area contributed by atoms with Gasteiger partial charge in [-0.2, -0.15) is 0 Å². The maximum Gasteiger partial charge on any atom is 0.222 e. The molecule has 0 unspecified atom stereocenters. The highest BCUT2D eigenvalue weighted by Crippen LogP contribution is 2.17. The molecule has 1 heterocycles. The van der Waals surface area contributed by atoms with E-state index in [2.05, 4.69) is 19.1 Å². The molecule has 92 valence electrons. The normalized spacial score (nSPS) is 15.8. The Morgan fingerprint density at radius 2 is 2.12 bits per heavy atom. The fourth-order valence-corrected chi connectivity index (χ4v) is 2.21. The van der Waals surface area contributed by atoms with Crippen LogP contribution in [0.1, 0.15) is 17.5 Å². The highest BCUT2D eigenvalue weighted by molar-refractivity contribution is 5.77. The van der Waals surface area contributed by atoms with Gasteiger partial charge in [0.2, 0.25) is 5.91 Å². The molecule has 1 aliphatic rings. The van der Waals surface area contributed by atoms with E-state index in [1.165, 1.54) is 11.1 Å². The van der Waals surface area contributed by atoms with E-state index in [9.17, 15) is 4.79 Å². The van der Waals surface area contributed by atoms with Gasteiger partial charge in [-0.1, -0.05) is 24.3 Å². The fraction of sp³-hybridized carbons (Fsp3) is 0.500. The number of aryl methyl sites for hydroxylation is 2. The molecule has 2 N–H and O–H groups in total. The number of carbonyl (C=O) groups is 1. The average molecular weight is 232 g/mol. The van der Waals surface area contributed by atoms with Crippen molar-refractivity contribution in [3.8, 4) is 0 Å². The molecule has 0 spiro atoms. The molecular weight excluding hydrogens is 212 g/mol. The van der Waals surface area contributed by atoms with Gasteiger partial charge in [-0.25, -0.2) is 0 Å². The van der Waals surface area contributed by atoms with Gasteiger partial charge < -0.3 is 10.6 Å². The van der Waals surface area contributed by atoms with Crippen LogP contribution in [0.15, 0.2) is 24.3 Å². The molecule has 1 saturated heterocycles. The molecule has 0 saturated carbocycles. The van der Waals surface area contributed by atoms with Crippen molar-refractivity contribution < 1.29 is 4.79 Å². The number of nitrogens with zero attached hydrogens (tertiary/aromatic N) is 1. The third-order valence-electron chi connectivity index (χ3n) is 3.51. The molecule has 1 amide bonds. The molecule has 0 atom stereocenters. The van der Waals surface area contributed by atoms with Crippen LogP contribution < -0.4 is 5.73 Å². The molecule has 1 fully saturated rings. The number of amides is 1. The quantitative estimate of drug-likeness (QED) is 0.851. The van der Waals surface area contributed by atoms with Crippen LogP contribution in [0.2, 0.25) is 0 Å². The third-order valence-corrected chi connectivity index (χ3v) is 3.51. The zero-order chi connectivity index (χ0) is 12.3. The number of nitrogens with two attached hydrogens (primary N) is 1. The average Bonchev–Trinajstić information content (AvgIpc) is 2.26. The van der Waals surface area contributed by atoms with Gasteiger partial charge in [0.05, 0.1) is 0 Å². The van der Waals surface area contributed by atoms with E-state index < -0.39 is 0 Å². The van der Waals surface area contributed by atoms with Crippen molar-refractivity contribution in [1.29, 1.82) is 0 Å². The van der Waals surface area contributed by atoms with Gasteiger partial charge in [0.1, 0.15) is 0 Å². The predicted octanol–water partition coefficient (Wildman–Crippen LogP) is 1.34. The summed E-state index contributed by atoms with van der Waals surface area (Å²) in [5.41, 5.74) is 8.09. The van der Waals surface area contributed by atoms with Gasteiger partial charge in [0, 0.05) is 25.4 Å². The van der Waals surface area contributed by atoms with E-state index in [1.807, 2.05) is 17.0 Å². The Labute approximate surface area is 103 Å². The maximum atomic E-state index is 11.9. The highest BCUT2D eigenvalue weighted by Gasteiger charge is 2.28. The van der Waals surface area contributed by atoms with Crippen LogP contribution in [0.25, 0.3) is 0 Å². The van der Waals surface area contributed by atoms with Crippen molar-refractivity contribution in [2.75, 3.05) is 19.6 Å². The summed E-state index contributed by atoms with van der Waals surface area (Å²) in [6, 6.07) is 8.25. The van der Waals surface area contributed by atoms with Crippen molar-refractivity contribution in [3.05, 3.63) is 35.4 Å². The molecule has 3 nitrogen and oxygen atoms in total. The SMILES string of the molecule is Cc1ccccc1CCC(=O)N1CC(CN)C1. The number of carbonyl (C=O) groups excluding carboxylic acids is 1. The maximum absolute atomic E-state index is 11.9. The minimum atomic E-state index is 0.262. The van der Waals surface area contributed by atoms with Crippen molar-refractivity contribution in [2.24, 2.45) is 11.7 Å². The van der Waals surface area contributed by atoms with E-state index >= 15 is 0 Å². The van der Waals surface area contributed by atoms with Gasteiger partial charge in [0.15, 0.2) is 0 Å². The summed E-state index contributed by atoms with van der Waals surface area (Å²) >= 11 is 0. The Hall–Kier alpha value is -1.35. The summed E-state index contributed by atoms with van der Waals surface area (Å²) in [6.45, 7) is 4.49. The van der Waals surface area contributed by atoms with Crippen molar-refractivity contribution >= 4 is 5.91 Å². The van der Waals surface area contributed by atoms with E-state index in [0.717, 1.165) is 19.5 Å². The Morgan fingerprint density at radius 1 is 1.41 bits per heavy atom. The van der Waals surface area contributed by atoms with Crippen LogP contribution >= 0.6 is 0 Å². The monoisotopic (exact) mass is 232 g/mol. The number of hydrogen-bond donors (Lipinski definition) is 1. The first kappa shape index (κ1) is 12.1. The molecule has 1 aromatic carbocycles. The Morgan fingerprint density at radius 3 is 2.76 bits per heavy atom. The first-order valence-electron chi connectivity index (χ1n) is 6.23. The van der Waals surface area contributed by atoms with E-state index in [-0.39, 0.29) is 5.91 Å². The van der Waals surface area contributed by atoms with Gasteiger partial charge in [-0.05, 0) is 31.0 Å². The number of rotatable bonds is 4. The van der Waals surface area contributed by atoms with Crippen LogP contribution in [-0.4, -0.2) is 30.4 Å². The standard InChI is InChI=1S/C14H20N2O/c1-11-4-2-3-5-13(11)6-7-14(17)16-9-12(8-15)10-16/h2-5,12H,6-10,15H2,1H3. The van der Waals surface area contributed by atoms with Crippen LogP contribution in [0, 0.1) is 12.8 Å². The first-order valence-corrected chi connectivity index (χ1v) is 6.23. The summed E-state index contributed by atoms with van der Waals surface area (Å²) in [7, 11) is 0. The lowest BCUT2D eigenvalue weighted by atomic mass is 9.98. The van der Waals surface area contributed by atoms with Crippen molar-refractivity contribution in [3.63, 3.8) is 0 Å². The smallest absolute Gasteiger partial charge is 0.222 e.